The van der Waals surface area contributed by atoms with Gasteiger partial charge in [-0.25, -0.2) is 4.39 Å². The van der Waals surface area contributed by atoms with Gasteiger partial charge in [0.25, 0.3) is 0 Å². The van der Waals surface area contributed by atoms with Gasteiger partial charge in [-0.15, -0.1) is 0 Å². The van der Waals surface area contributed by atoms with E-state index in [1.807, 2.05) is 29.8 Å². The molecule has 0 aliphatic carbocycles. The van der Waals surface area contributed by atoms with Crippen molar-refractivity contribution in [2.45, 2.75) is 52.1 Å². The molecule has 26 heavy (non-hydrogen) atoms. The lowest BCUT2D eigenvalue weighted by molar-refractivity contribution is -0.134. The Labute approximate surface area is 156 Å². The first kappa shape index (κ1) is 20.2. The number of amides is 1. The second kappa shape index (κ2) is 10.1. The number of hydrogen-bond acceptors (Lipinski definition) is 2. The molecule has 1 unspecified atom stereocenters. The Kier molecular flexibility index (Phi) is 7.88. The quantitative estimate of drug-likeness (QED) is 0.625. The number of nitrogens with zero attached hydrogens (tertiary/aromatic N) is 3. The fraction of sp³-hybridized carbons (Fsp3) is 0.600. The van der Waals surface area contributed by atoms with E-state index >= 15 is 0 Å². The number of halogens is 1. The van der Waals surface area contributed by atoms with Gasteiger partial charge < -0.3 is 15.1 Å². The molecular formula is C20H31FN4O. The number of guanidine groups is 1. The van der Waals surface area contributed by atoms with Crippen LogP contribution < -0.4 is 5.32 Å². The molecule has 0 radical (unpaired) electrons. The van der Waals surface area contributed by atoms with E-state index in [0.29, 0.717) is 25.6 Å². The normalized spacial score (nSPS) is 17.9. The predicted molar refractivity (Wildman–Crippen MR) is 103 cm³/mol. The summed E-state index contributed by atoms with van der Waals surface area (Å²) >= 11 is 0. The molecule has 1 amide bonds. The van der Waals surface area contributed by atoms with E-state index in [2.05, 4.69) is 17.2 Å². The standard InChI is InChI=1S/C20H31FN4O/c1-4-22-20(24(3)15-17-9-7-10-18(21)14-17)23-12-11-19(26)25-13-6-5-8-16(25)2/h7,9-10,14,16H,4-6,8,11-13,15H2,1-3H3,(H,22,23). The van der Waals surface area contributed by atoms with Gasteiger partial charge in [0.05, 0.1) is 6.54 Å². The van der Waals surface area contributed by atoms with E-state index in [1.165, 1.54) is 18.6 Å². The molecule has 1 aromatic rings. The number of aliphatic imine (C=N–C) groups is 1. The van der Waals surface area contributed by atoms with Crippen molar-refractivity contribution in [1.82, 2.24) is 15.1 Å². The Morgan fingerprint density at radius 3 is 2.92 bits per heavy atom. The molecule has 2 rings (SSSR count). The van der Waals surface area contributed by atoms with Crippen molar-refractivity contribution in [3.8, 4) is 0 Å². The van der Waals surface area contributed by atoms with E-state index in [9.17, 15) is 9.18 Å². The first-order valence-corrected chi connectivity index (χ1v) is 9.54. The first-order chi connectivity index (χ1) is 12.5. The van der Waals surface area contributed by atoms with Gasteiger partial charge in [-0.2, -0.15) is 0 Å². The highest BCUT2D eigenvalue weighted by Gasteiger charge is 2.22. The summed E-state index contributed by atoms with van der Waals surface area (Å²) in [5.41, 5.74) is 0.885. The minimum Gasteiger partial charge on any atom is -0.357 e. The summed E-state index contributed by atoms with van der Waals surface area (Å²) in [6, 6.07) is 6.91. The molecule has 1 saturated heterocycles. The number of rotatable bonds is 6. The fourth-order valence-electron chi connectivity index (χ4n) is 3.32. The molecule has 1 heterocycles. The third-order valence-electron chi connectivity index (χ3n) is 4.72. The molecule has 0 aromatic heterocycles. The second-order valence-electron chi connectivity index (χ2n) is 6.90. The molecule has 144 valence electrons. The first-order valence-electron chi connectivity index (χ1n) is 9.54. The van der Waals surface area contributed by atoms with Crippen LogP contribution in [0.5, 0.6) is 0 Å². The van der Waals surface area contributed by atoms with Crippen LogP contribution in [-0.4, -0.2) is 54.4 Å². The molecule has 0 spiro atoms. The molecule has 6 heteroatoms. The molecule has 0 saturated carbocycles. The fourth-order valence-corrected chi connectivity index (χ4v) is 3.32. The number of carbonyl (C=O) groups excluding carboxylic acids is 1. The maximum atomic E-state index is 13.4. The Morgan fingerprint density at radius 1 is 1.42 bits per heavy atom. The average Bonchev–Trinajstić information content (AvgIpc) is 2.61. The zero-order valence-corrected chi connectivity index (χ0v) is 16.2. The Morgan fingerprint density at radius 2 is 2.23 bits per heavy atom. The third kappa shape index (κ3) is 6.00. The van der Waals surface area contributed by atoms with E-state index in [4.69, 9.17) is 0 Å². The predicted octanol–water partition coefficient (Wildman–Crippen LogP) is 3.01. The summed E-state index contributed by atoms with van der Waals surface area (Å²) in [6.07, 6.45) is 3.82. The van der Waals surface area contributed by atoms with Crippen molar-refractivity contribution in [2.75, 3.05) is 26.7 Å². The minimum atomic E-state index is -0.237. The molecule has 1 aromatic carbocycles. The Hall–Kier alpha value is -2.11. The van der Waals surface area contributed by atoms with E-state index < -0.39 is 0 Å². The molecule has 0 bridgehead atoms. The molecule has 1 aliphatic heterocycles. The van der Waals surface area contributed by atoms with Crippen LogP contribution >= 0.6 is 0 Å². The molecule has 1 fully saturated rings. The van der Waals surface area contributed by atoms with Gasteiger partial charge in [-0.05, 0) is 50.8 Å². The second-order valence-corrected chi connectivity index (χ2v) is 6.90. The Balaban J connectivity index is 1.91. The number of piperidine rings is 1. The lowest BCUT2D eigenvalue weighted by atomic mass is 10.0. The summed E-state index contributed by atoms with van der Waals surface area (Å²) in [6.45, 7) is 6.74. The van der Waals surface area contributed by atoms with Gasteiger partial charge in [0.1, 0.15) is 5.82 Å². The van der Waals surface area contributed by atoms with Crippen LogP contribution in [0.1, 0.15) is 45.1 Å². The maximum Gasteiger partial charge on any atom is 0.224 e. The molecule has 1 N–H and O–H groups in total. The van der Waals surface area contributed by atoms with Crippen LogP contribution in [0.2, 0.25) is 0 Å². The van der Waals surface area contributed by atoms with Crippen molar-refractivity contribution in [2.24, 2.45) is 4.99 Å². The minimum absolute atomic E-state index is 0.185. The third-order valence-corrected chi connectivity index (χ3v) is 4.72. The van der Waals surface area contributed by atoms with Crippen LogP contribution in [-0.2, 0) is 11.3 Å². The molecule has 5 nitrogen and oxygen atoms in total. The van der Waals surface area contributed by atoms with Crippen molar-refractivity contribution < 1.29 is 9.18 Å². The van der Waals surface area contributed by atoms with Crippen LogP contribution in [0.15, 0.2) is 29.3 Å². The van der Waals surface area contributed by atoms with Crippen LogP contribution in [0.3, 0.4) is 0 Å². The van der Waals surface area contributed by atoms with Gasteiger partial charge >= 0.3 is 0 Å². The van der Waals surface area contributed by atoms with Gasteiger partial charge in [0, 0.05) is 39.1 Å². The topological polar surface area (TPSA) is 47.9 Å². The zero-order valence-electron chi connectivity index (χ0n) is 16.2. The SMILES string of the molecule is CCNC(=NCCC(=O)N1CCCCC1C)N(C)Cc1cccc(F)c1. The zero-order chi connectivity index (χ0) is 18.9. The summed E-state index contributed by atoms with van der Waals surface area (Å²) in [5, 5.41) is 3.24. The average molecular weight is 362 g/mol. The van der Waals surface area contributed by atoms with Crippen molar-refractivity contribution in [1.29, 1.82) is 0 Å². The lowest BCUT2D eigenvalue weighted by Gasteiger charge is -2.33. The summed E-state index contributed by atoms with van der Waals surface area (Å²) in [7, 11) is 1.92. The smallest absolute Gasteiger partial charge is 0.224 e. The molecule has 1 aliphatic rings. The summed E-state index contributed by atoms with van der Waals surface area (Å²) in [4.78, 5) is 20.9. The number of benzene rings is 1. The van der Waals surface area contributed by atoms with Gasteiger partial charge in [0.2, 0.25) is 5.91 Å². The summed E-state index contributed by atoms with van der Waals surface area (Å²) in [5.74, 6) is 0.680. The van der Waals surface area contributed by atoms with Gasteiger partial charge in [-0.1, -0.05) is 12.1 Å². The van der Waals surface area contributed by atoms with Crippen molar-refractivity contribution in [3.05, 3.63) is 35.6 Å². The largest absolute Gasteiger partial charge is 0.357 e. The van der Waals surface area contributed by atoms with Crippen LogP contribution in [0.25, 0.3) is 0 Å². The highest BCUT2D eigenvalue weighted by Crippen LogP contribution is 2.17. The van der Waals surface area contributed by atoms with Crippen molar-refractivity contribution >= 4 is 11.9 Å². The Bertz CT molecular complexity index is 620. The molecule has 1 atom stereocenters. The van der Waals surface area contributed by atoms with Gasteiger partial charge in [-0.3, -0.25) is 9.79 Å². The van der Waals surface area contributed by atoms with Crippen LogP contribution in [0, 0.1) is 5.82 Å². The number of carbonyl (C=O) groups is 1. The van der Waals surface area contributed by atoms with Gasteiger partial charge in [0.15, 0.2) is 5.96 Å². The highest BCUT2D eigenvalue weighted by molar-refractivity contribution is 5.81. The summed E-state index contributed by atoms with van der Waals surface area (Å²) < 4.78 is 13.4. The lowest BCUT2D eigenvalue weighted by Crippen LogP contribution is -2.42. The van der Waals surface area contributed by atoms with E-state index in [1.54, 1.807) is 6.07 Å². The number of hydrogen-bond donors (Lipinski definition) is 1. The van der Waals surface area contributed by atoms with Crippen molar-refractivity contribution in [3.63, 3.8) is 0 Å². The highest BCUT2D eigenvalue weighted by atomic mass is 19.1. The number of likely N-dealkylation sites (tertiary alicyclic amines) is 1. The van der Waals surface area contributed by atoms with E-state index in [0.717, 1.165) is 37.5 Å². The molecular weight excluding hydrogens is 331 g/mol. The monoisotopic (exact) mass is 362 g/mol. The maximum absolute atomic E-state index is 13.4. The van der Waals surface area contributed by atoms with Crippen LogP contribution in [0.4, 0.5) is 4.39 Å². The number of nitrogens with one attached hydrogen (secondary N) is 1. The van der Waals surface area contributed by atoms with E-state index in [-0.39, 0.29) is 11.7 Å².